The molecule has 44 heavy (non-hydrogen) atoms. The summed E-state index contributed by atoms with van der Waals surface area (Å²) in [5, 5.41) is 0.888. The predicted octanol–water partition coefficient (Wildman–Crippen LogP) is 8.23. The largest absolute Gasteiger partial charge is 0.468 e. The Bertz CT molecular complexity index is 1550. The number of carbonyl (C=O) groups excluding carboxylic acids is 2. The molecule has 0 unspecified atom stereocenters. The van der Waals surface area contributed by atoms with Gasteiger partial charge in [-0.25, -0.2) is 4.79 Å². The van der Waals surface area contributed by atoms with Crippen LogP contribution in [0.15, 0.2) is 72.3 Å². The Morgan fingerprint density at radius 2 is 1.68 bits per heavy atom. The molecule has 0 N–H and O–H groups in total. The van der Waals surface area contributed by atoms with E-state index >= 15 is 0 Å². The molecule has 2 aliphatic rings. The highest BCUT2D eigenvalue weighted by Gasteiger charge is 2.38. The average Bonchev–Trinajstić information content (AvgIpc) is 3.85. The van der Waals surface area contributed by atoms with Crippen molar-refractivity contribution >= 4 is 40.8 Å². The van der Waals surface area contributed by atoms with Gasteiger partial charge in [0.25, 0.3) is 5.91 Å². The first-order chi connectivity index (χ1) is 21.0. The molecular weight excluding hydrogens is 599 g/mol. The van der Waals surface area contributed by atoms with Crippen molar-refractivity contribution in [2.75, 3.05) is 27.0 Å². The fourth-order valence-electron chi connectivity index (χ4n) is 5.32. The molecule has 7 nitrogen and oxygen atoms in total. The van der Waals surface area contributed by atoms with E-state index in [0.29, 0.717) is 40.9 Å². The fraction of sp³-hybridized carbons (Fsp3) is 0.371. The van der Waals surface area contributed by atoms with Crippen molar-refractivity contribution in [3.8, 4) is 16.9 Å². The van der Waals surface area contributed by atoms with Gasteiger partial charge in [-0.15, -0.1) is 0 Å². The van der Waals surface area contributed by atoms with Crippen molar-refractivity contribution in [2.45, 2.75) is 58.2 Å². The Kier molecular flexibility index (Phi) is 9.88. The Hall–Kier alpha value is -3.52. The van der Waals surface area contributed by atoms with Crippen LogP contribution >= 0.6 is 23.2 Å². The normalized spacial score (nSPS) is 15.3. The van der Waals surface area contributed by atoms with Crippen LogP contribution in [-0.4, -0.2) is 60.4 Å². The molecule has 2 amide bonds. The average molecular weight is 638 g/mol. The van der Waals surface area contributed by atoms with Crippen LogP contribution in [0.3, 0.4) is 0 Å². The number of hydrogen-bond acceptors (Lipinski definition) is 5. The third-order valence-corrected chi connectivity index (χ3v) is 8.44. The van der Waals surface area contributed by atoms with E-state index < -0.39 is 11.7 Å². The lowest BCUT2D eigenvalue weighted by Gasteiger charge is -2.34. The van der Waals surface area contributed by atoms with E-state index in [0.717, 1.165) is 40.7 Å². The third-order valence-electron chi connectivity index (χ3n) is 7.58. The van der Waals surface area contributed by atoms with E-state index in [4.69, 9.17) is 37.4 Å². The van der Waals surface area contributed by atoms with E-state index in [1.165, 1.54) is 0 Å². The molecule has 1 saturated carbocycles. The van der Waals surface area contributed by atoms with Gasteiger partial charge in [0.15, 0.2) is 6.79 Å². The van der Waals surface area contributed by atoms with Crippen molar-refractivity contribution in [1.82, 2.24) is 9.80 Å². The van der Waals surface area contributed by atoms with Crippen molar-refractivity contribution in [3.63, 3.8) is 0 Å². The van der Waals surface area contributed by atoms with Crippen molar-refractivity contribution in [1.29, 1.82) is 0 Å². The summed E-state index contributed by atoms with van der Waals surface area (Å²) in [6.07, 6.45) is 1.83. The van der Waals surface area contributed by atoms with Crippen molar-refractivity contribution in [2.24, 2.45) is 0 Å². The predicted molar refractivity (Wildman–Crippen MR) is 174 cm³/mol. The lowest BCUT2D eigenvalue weighted by Crippen LogP contribution is -2.44. The summed E-state index contributed by atoms with van der Waals surface area (Å²) in [4.78, 5) is 31.3. The number of hydrogen-bond donors (Lipinski definition) is 0. The van der Waals surface area contributed by atoms with E-state index in [2.05, 4.69) is 6.07 Å². The van der Waals surface area contributed by atoms with Crippen LogP contribution in [0.5, 0.6) is 5.75 Å². The van der Waals surface area contributed by atoms with Crippen molar-refractivity contribution in [3.05, 3.63) is 93.5 Å². The van der Waals surface area contributed by atoms with Crippen LogP contribution in [0, 0.1) is 0 Å². The lowest BCUT2D eigenvalue weighted by molar-refractivity contribution is -0.128. The molecule has 0 saturated heterocycles. The van der Waals surface area contributed by atoms with Crippen LogP contribution in [0.4, 0.5) is 4.79 Å². The van der Waals surface area contributed by atoms with Crippen LogP contribution in [0.25, 0.3) is 16.7 Å². The minimum absolute atomic E-state index is 0.0828. The first-order valence-corrected chi connectivity index (χ1v) is 15.6. The smallest absolute Gasteiger partial charge is 0.410 e. The standard InChI is InChI=1S/C35H38Cl2N2O5/c1-35(2,3)44-34(41)38-16-15-29(26-17-25(23-9-6-5-7-10-23)18-28(19-26)43-22-42-4)30(21-38)33(40)39(27-13-14-27)20-24-11-8-12-31(36)32(24)37/h5-12,17-19,27H,13-16,20-22H2,1-4H3. The molecule has 1 aliphatic carbocycles. The van der Waals surface area contributed by atoms with Crippen LogP contribution in [0.2, 0.25) is 10.0 Å². The van der Waals surface area contributed by atoms with Gasteiger partial charge in [-0.3, -0.25) is 4.79 Å². The number of methoxy groups -OCH3 is 1. The summed E-state index contributed by atoms with van der Waals surface area (Å²) in [7, 11) is 1.58. The van der Waals surface area contributed by atoms with Gasteiger partial charge in [-0.2, -0.15) is 0 Å². The molecule has 3 aromatic carbocycles. The molecule has 0 bridgehead atoms. The number of benzene rings is 3. The molecule has 3 aromatic rings. The summed E-state index contributed by atoms with van der Waals surface area (Å²) in [6.45, 7) is 6.45. The maximum Gasteiger partial charge on any atom is 0.410 e. The van der Waals surface area contributed by atoms with Crippen LogP contribution in [0.1, 0.15) is 51.2 Å². The number of ether oxygens (including phenoxy) is 3. The Morgan fingerprint density at radius 1 is 0.955 bits per heavy atom. The zero-order valence-corrected chi connectivity index (χ0v) is 27.1. The van der Waals surface area contributed by atoms with E-state index in [9.17, 15) is 9.59 Å². The fourth-order valence-corrected chi connectivity index (χ4v) is 5.70. The second-order valence-electron chi connectivity index (χ2n) is 12.1. The van der Waals surface area contributed by atoms with Crippen LogP contribution < -0.4 is 4.74 Å². The second kappa shape index (κ2) is 13.6. The highest BCUT2D eigenvalue weighted by molar-refractivity contribution is 6.42. The Balaban J connectivity index is 1.59. The lowest BCUT2D eigenvalue weighted by atomic mass is 9.90. The quantitative estimate of drug-likeness (QED) is 0.221. The van der Waals surface area contributed by atoms with Gasteiger partial charge in [-0.05, 0) is 92.1 Å². The number of nitrogens with zero attached hydrogens (tertiary/aromatic N) is 2. The number of amides is 2. The monoisotopic (exact) mass is 636 g/mol. The third kappa shape index (κ3) is 7.76. The van der Waals surface area contributed by atoms with Gasteiger partial charge in [0, 0.05) is 31.8 Å². The summed E-state index contributed by atoms with van der Waals surface area (Å²) >= 11 is 12.9. The zero-order chi connectivity index (χ0) is 31.4. The molecule has 1 aliphatic heterocycles. The summed E-state index contributed by atoms with van der Waals surface area (Å²) in [5.41, 5.74) is 4.38. The molecular formula is C35H38Cl2N2O5. The van der Waals surface area contributed by atoms with E-state index in [1.807, 2.05) is 80.3 Å². The summed E-state index contributed by atoms with van der Waals surface area (Å²) in [6, 6.07) is 21.5. The minimum Gasteiger partial charge on any atom is -0.468 e. The summed E-state index contributed by atoms with van der Waals surface area (Å²) in [5.74, 6) is 0.498. The van der Waals surface area contributed by atoms with Gasteiger partial charge in [-0.1, -0.05) is 65.7 Å². The van der Waals surface area contributed by atoms with Gasteiger partial charge in [0.2, 0.25) is 0 Å². The molecule has 0 spiro atoms. The first-order valence-electron chi connectivity index (χ1n) is 14.8. The Labute approximate surface area is 269 Å². The molecule has 232 valence electrons. The molecule has 1 heterocycles. The van der Waals surface area contributed by atoms with Gasteiger partial charge in [0.1, 0.15) is 11.4 Å². The molecule has 1 fully saturated rings. The van der Waals surface area contributed by atoms with Gasteiger partial charge >= 0.3 is 6.09 Å². The molecule has 9 heteroatoms. The SMILES string of the molecule is COCOc1cc(C2=C(C(=O)N(Cc3cccc(Cl)c3Cl)C3CC3)CN(C(=O)OC(C)(C)C)CC2)cc(-c2ccccc2)c1. The highest BCUT2D eigenvalue weighted by Crippen LogP contribution is 2.38. The molecule has 5 rings (SSSR count). The van der Waals surface area contributed by atoms with E-state index in [1.54, 1.807) is 18.1 Å². The topological polar surface area (TPSA) is 68.3 Å². The minimum atomic E-state index is -0.660. The maximum atomic E-state index is 14.6. The highest BCUT2D eigenvalue weighted by atomic mass is 35.5. The molecule has 0 radical (unpaired) electrons. The maximum absolute atomic E-state index is 14.6. The summed E-state index contributed by atoms with van der Waals surface area (Å²) < 4.78 is 16.8. The van der Waals surface area contributed by atoms with Gasteiger partial charge < -0.3 is 24.0 Å². The number of halogens is 2. The van der Waals surface area contributed by atoms with Crippen molar-refractivity contribution < 1.29 is 23.8 Å². The number of rotatable bonds is 9. The molecule has 0 aromatic heterocycles. The first kappa shape index (κ1) is 31.9. The zero-order valence-electron chi connectivity index (χ0n) is 25.6. The number of carbonyl (C=O) groups is 2. The van der Waals surface area contributed by atoms with Gasteiger partial charge in [0.05, 0.1) is 16.6 Å². The van der Waals surface area contributed by atoms with Crippen LogP contribution in [-0.2, 0) is 20.8 Å². The Morgan fingerprint density at radius 3 is 2.36 bits per heavy atom. The van der Waals surface area contributed by atoms with E-state index in [-0.39, 0.29) is 25.3 Å². The molecule has 0 atom stereocenters. The second-order valence-corrected chi connectivity index (χ2v) is 12.9.